The van der Waals surface area contributed by atoms with E-state index in [1.807, 2.05) is 30.5 Å². The van der Waals surface area contributed by atoms with Gasteiger partial charge in [-0.2, -0.15) is 0 Å². The fraction of sp³-hybridized carbons (Fsp3) is 0.412. The van der Waals surface area contributed by atoms with Crippen LogP contribution < -0.4 is 0 Å². The van der Waals surface area contributed by atoms with Crippen LogP contribution in [-0.2, 0) is 25.5 Å². The van der Waals surface area contributed by atoms with Crippen molar-refractivity contribution >= 4 is 23.7 Å². The Morgan fingerprint density at radius 3 is 2.39 bits per heavy atom. The molecule has 1 aromatic rings. The number of rotatable bonds is 9. The first-order valence-electron chi connectivity index (χ1n) is 7.21. The summed E-state index contributed by atoms with van der Waals surface area (Å²) in [4.78, 5) is 23.9. The summed E-state index contributed by atoms with van der Waals surface area (Å²) < 4.78 is 9.72. The van der Waals surface area contributed by atoms with Crippen molar-refractivity contribution in [3.05, 3.63) is 42.0 Å². The monoisotopic (exact) mass is 338 g/mol. The molecule has 1 rings (SSSR count). The third-order valence-electron chi connectivity index (χ3n) is 2.97. The van der Waals surface area contributed by atoms with Crippen molar-refractivity contribution in [2.75, 3.05) is 19.5 Å². The van der Waals surface area contributed by atoms with Crippen molar-refractivity contribution in [1.82, 2.24) is 0 Å². The minimum atomic E-state index is -1.04. The van der Waals surface area contributed by atoms with E-state index in [4.69, 9.17) is 9.47 Å². The Morgan fingerprint density at radius 1 is 1.22 bits per heavy atom. The van der Waals surface area contributed by atoms with Gasteiger partial charge in [0.1, 0.15) is 19.3 Å². The largest absolute Gasteiger partial charge is 0.463 e. The average molecular weight is 338 g/mol. The Labute approximate surface area is 140 Å². The van der Waals surface area contributed by atoms with E-state index in [0.717, 1.165) is 5.56 Å². The number of hydrogen-bond acceptors (Lipinski definition) is 6. The zero-order valence-electron chi connectivity index (χ0n) is 13.4. The maximum atomic E-state index is 11.6. The second-order valence-electron chi connectivity index (χ2n) is 5.06. The molecule has 23 heavy (non-hydrogen) atoms. The Balaban J connectivity index is 2.22. The van der Waals surface area contributed by atoms with Gasteiger partial charge < -0.3 is 14.6 Å². The van der Waals surface area contributed by atoms with E-state index < -0.39 is 18.0 Å². The second-order valence-corrected chi connectivity index (χ2v) is 5.94. The number of carbonyl (C=O) groups excluding carboxylic acids is 2. The van der Waals surface area contributed by atoms with Crippen molar-refractivity contribution < 1.29 is 24.2 Å². The van der Waals surface area contributed by atoms with Crippen LogP contribution in [0.15, 0.2) is 41.3 Å². The third-order valence-corrected chi connectivity index (χ3v) is 3.71. The lowest BCUT2D eigenvalue weighted by molar-refractivity contribution is -0.150. The Kier molecular flexibility index (Phi) is 8.43. The minimum Gasteiger partial charge on any atom is -0.463 e. The SMILES string of the molecule is C=C(C)C(=O)OCC(O)COC(=O)CCc1ccc(SC)cc1. The van der Waals surface area contributed by atoms with Crippen LogP contribution in [0, 0.1) is 0 Å². The standard InChI is InChI=1S/C17H22O5S/c1-12(2)17(20)22-11-14(18)10-21-16(19)9-6-13-4-7-15(23-3)8-5-13/h4-5,7-8,14,18H,1,6,9-11H2,2-3H3. The molecule has 1 N–H and O–H groups in total. The first kappa shape index (κ1) is 19.3. The molecule has 0 aliphatic carbocycles. The zero-order chi connectivity index (χ0) is 17.2. The van der Waals surface area contributed by atoms with Gasteiger partial charge in [0.2, 0.25) is 0 Å². The molecule has 1 unspecified atom stereocenters. The molecule has 0 heterocycles. The maximum Gasteiger partial charge on any atom is 0.333 e. The topological polar surface area (TPSA) is 72.8 Å². The van der Waals surface area contributed by atoms with Crippen molar-refractivity contribution in [3.8, 4) is 0 Å². The number of carbonyl (C=O) groups is 2. The van der Waals surface area contributed by atoms with Crippen LogP contribution in [0.2, 0.25) is 0 Å². The lowest BCUT2D eigenvalue weighted by Crippen LogP contribution is -2.25. The highest BCUT2D eigenvalue weighted by Gasteiger charge is 2.12. The van der Waals surface area contributed by atoms with Gasteiger partial charge in [-0.05, 0) is 37.3 Å². The van der Waals surface area contributed by atoms with E-state index in [9.17, 15) is 14.7 Å². The lowest BCUT2D eigenvalue weighted by Gasteiger charge is -2.12. The van der Waals surface area contributed by atoms with Gasteiger partial charge in [0, 0.05) is 16.9 Å². The number of aliphatic hydroxyl groups is 1. The highest BCUT2D eigenvalue weighted by molar-refractivity contribution is 7.98. The second kappa shape index (κ2) is 10.1. The average Bonchev–Trinajstić information content (AvgIpc) is 2.56. The molecule has 126 valence electrons. The zero-order valence-corrected chi connectivity index (χ0v) is 14.2. The molecular weight excluding hydrogens is 316 g/mol. The van der Waals surface area contributed by atoms with Crippen LogP contribution in [0.3, 0.4) is 0 Å². The Bertz CT molecular complexity index is 538. The molecular formula is C17H22O5S. The molecule has 0 aliphatic heterocycles. The van der Waals surface area contributed by atoms with Crippen LogP contribution in [-0.4, -0.2) is 42.6 Å². The number of benzene rings is 1. The molecule has 0 aliphatic rings. The normalized spacial score (nSPS) is 11.6. The summed E-state index contributed by atoms with van der Waals surface area (Å²) in [6, 6.07) is 7.96. The molecule has 0 saturated carbocycles. The predicted molar refractivity (Wildman–Crippen MR) is 89.3 cm³/mol. The van der Waals surface area contributed by atoms with Gasteiger partial charge in [-0.3, -0.25) is 4.79 Å². The Hall–Kier alpha value is -1.79. The summed E-state index contributed by atoms with van der Waals surface area (Å²) in [7, 11) is 0. The van der Waals surface area contributed by atoms with E-state index in [1.54, 1.807) is 11.8 Å². The van der Waals surface area contributed by atoms with Gasteiger partial charge in [0.15, 0.2) is 0 Å². The summed E-state index contributed by atoms with van der Waals surface area (Å²) in [6.45, 7) is 4.51. The summed E-state index contributed by atoms with van der Waals surface area (Å²) in [5.41, 5.74) is 1.30. The Morgan fingerprint density at radius 2 is 1.83 bits per heavy atom. The van der Waals surface area contributed by atoms with E-state index >= 15 is 0 Å². The lowest BCUT2D eigenvalue weighted by atomic mass is 10.1. The molecule has 0 bridgehead atoms. The fourth-order valence-corrected chi connectivity index (χ4v) is 2.05. The number of aryl methyl sites for hydroxylation is 1. The van der Waals surface area contributed by atoms with E-state index in [0.29, 0.717) is 6.42 Å². The van der Waals surface area contributed by atoms with Crippen LogP contribution in [0.5, 0.6) is 0 Å². The fourth-order valence-electron chi connectivity index (χ4n) is 1.64. The van der Waals surface area contributed by atoms with Gasteiger partial charge in [-0.1, -0.05) is 18.7 Å². The van der Waals surface area contributed by atoms with Crippen LogP contribution in [0.25, 0.3) is 0 Å². The smallest absolute Gasteiger partial charge is 0.333 e. The number of aliphatic hydroxyl groups excluding tert-OH is 1. The number of hydrogen-bond donors (Lipinski definition) is 1. The van der Waals surface area contributed by atoms with Crippen molar-refractivity contribution in [2.24, 2.45) is 0 Å². The number of ether oxygens (including phenoxy) is 2. The number of thioether (sulfide) groups is 1. The maximum absolute atomic E-state index is 11.6. The molecule has 0 fully saturated rings. The molecule has 0 spiro atoms. The van der Waals surface area contributed by atoms with Crippen LogP contribution in [0.4, 0.5) is 0 Å². The van der Waals surface area contributed by atoms with Gasteiger partial charge in [0.05, 0.1) is 0 Å². The molecule has 0 aromatic heterocycles. The predicted octanol–water partition coefficient (Wildman–Crippen LogP) is 2.36. The first-order chi connectivity index (χ1) is 10.9. The molecule has 1 atom stereocenters. The van der Waals surface area contributed by atoms with Gasteiger partial charge in [-0.25, -0.2) is 4.79 Å². The third kappa shape index (κ3) is 7.85. The molecule has 1 aromatic carbocycles. The highest BCUT2D eigenvalue weighted by Crippen LogP contribution is 2.15. The summed E-state index contributed by atoms with van der Waals surface area (Å²) in [6.07, 6.45) is 1.78. The van der Waals surface area contributed by atoms with Crippen molar-refractivity contribution in [3.63, 3.8) is 0 Å². The summed E-state index contributed by atoms with van der Waals surface area (Å²) >= 11 is 1.66. The molecule has 0 amide bonds. The molecule has 0 radical (unpaired) electrons. The first-order valence-corrected chi connectivity index (χ1v) is 8.44. The van der Waals surface area contributed by atoms with Crippen LogP contribution in [0.1, 0.15) is 18.9 Å². The quantitative estimate of drug-likeness (QED) is 0.423. The highest BCUT2D eigenvalue weighted by atomic mass is 32.2. The summed E-state index contributed by atoms with van der Waals surface area (Å²) in [5, 5.41) is 9.59. The van der Waals surface area contributed by atoms with E-state index in [1.165, 1.54) is 11.8 Å². The van der Waals surface area contributed by atoms with Gasteiger partial charge >= 0.3 is 11.9 Å². The molecule has 5 nitrogen and oxygen atoms in total. The molecule has 0 saturated heterocycles. The van der Waals surface area contributed by atoms with Gasteiger partial charge in [0.25, 0.3) is 0 Å². The van der Waals surface area contributed by atoms with Crippen molar-refractivity contribution in [2.45, 2.75) is 30.8 Å². The molecule has 6 heteroatoms. The van der Waals surface area contributed by atoms with Crippen molar-refractivity contribution in [1.29, 1.82) is 0 Å². The van der Waals surface area contributed by atoms with Crippen LogP contribution >= 0.6 is 11.8 Å². The minimum absolute atomic E-state index is 0.201. The van der Waals surface area contributed by atoms with E-state index in [2.05, 4.69) is 6.58 Å². The van der Waals surface area contributed by atoms with E-state index in [-0.39, 0.29) is 25.2 Å². The number of esters is 2. The van der Waals surface area contributed by atoms with Gasteiger partial charge in [-0.15, -0.1) is 11.8 Å². The summed E-state index contributed by atoms with van der Waals surface area (Å²) in [5.74, 6) is -0.978.